The molecule has 1 heterocycles. The van der Waals surface area contributed by atoms with E-state index in [1.165, 1.54) is 12.3 Å². The summed E-state index contributed by atoms with van der Waals surface area (Å²) in [6.45, 7) is 6.02. The molecule has 0 aliphatic heterocycles. The number of carbonyl (C=O) groups excluding carboxylic acids is 1. The number of rotatable bonds is 8. The summed E-state index contributed by atoms with van der Waals surface area (Å²) < 4.78 is 27.8. The van der Waals surface area contributed by atoms with Crippen LogP contribution in [-0.4, -0.2) is 36.6 Å². The molecule has 0 aliphatic rings. The zero-order valence-electron chi connectivity index (χ0n) is 15.6. The molecule has 4 N–H and O–H groups in total. The Bertz CT molecular complexity index is 931. The fourth-order valence-electron chi connectivity index (χ4n) is 2.04. The molecule has 1 amide bonds. The summed E-state index contributed by atoms with van der Waals surface area (Å²) in [5.41, 5.74) is 5.92. The maximum absolute atomic E-state index is 11.6. The molecule has 146 valence electrons. The van der Waals surface area contributed by atoms with Crippen molar-refractivity contribution in [2.75, 3.05) is 16.9 Å². The van der Waals surface area contributed by atoms with Crippen molar-refractivity contribution in [1.29, 1.82) is 0 Å². The predicted octanol–water partition coefficient (Wildman–Crippen LogP) is 2.11. The Morgan fingerprint density at radius 2 is 1.89 bits per heavy atom. The minimum Gasteiger partial charge on any atom is -0.380 e. The number of para-hydroxylation sites is 2. The van der Waals surface area contributed by atoms with E-state index in [2.05, 4.69) is 20.6 Å². The maximum atomic E-state index is 11.6. The van der Waals surface area contributed by atoms with Gasteiger partial charge in [0.25, 0.3) is 5.91 Å². The van der Waals surface area contributed by atoms with E-state index in [4.69, 9.17) is 9.92 Å². The van der Waals surface area contributed by atoms with Gasteiger partial charge >= 0.3 is 10.1 Å². The van der Waals surface area contributed by atoms with E-state index in [1.807, 2.05) is 20.8 Å². The molecule has 27 heavy (non-hydrogen) atoms. The van der Waals surface area contributed by atoms with Crippen LogP contribution in [0.3, 0.4) is 0 Å². The van der Waals surface area contributed by atoms with Crippen LogP contribution < -0.4 is 20.6 Å². The summed E-state index contributed by atoms with van der Waals surface area (Å²) in [4.78, 5) is 20.0. The van der Waals surface area contributed by atoms with Crippen molar-refractivity contribution in [2.24, 2.45) is 11.7 Å². The number of aromatic nitrogens is 2. The van der Waals surface area contributed by atoms with Gasteiger partial charge in [-0.3, -0.25) is 4.79 Å². The third-order valence-electron chi connectivity index (χ3n) is 3.79. The van der Waals surface area contributed by atoms with Gasteiger partial charge in [-0.15, -0.1) is 0 Å². The summed E-state index contributed by atoms with van der Waals surface area (Å²) in [6, 6.07) is 6.50. The summed E-state index contributed by atoms with van der Waals surface area (Å²) in [6.07, 6.45) is 2.27. The zero-order chi connectivity index (χ0) is 20.2. The van der Waals surface area contributed by atoms with Gasteiger partial charge in [0.1, 0.15) is 5.82 Å². The smallest absolute Gasteiger partial charge is 0.306 e. The third-order valence-corrected chi connectivity index (χ3v) is 4.28. The van der Waals surface area contributed by atoms with Gasteiger partial charge in [-0.1, -0.05) is 26.0 Å². The molecule has 2 aromatic rings. The number of nitrogens with two attached hydrogens (primary N) is 1. The van der Waals surface area contributed by atoms with Gasteiger partial charge in [0.2, 0.25) is 5.95 Å². The van der Waals surface area contributed by atoms with Gasteiger partial charge in [0, 0.05) is 12.2 Å². The average Bonchev–Trinajstić information content (AvgIpc) is 2.55. The van der Waals surface area contributed by atoms with Gasteiger partial charge < -0.3 is 20.6 Å². The molecule has 0 saturated heterocycles. The van der Waals surface area contributed by atoms with Gasteiger partial charge in [0.15, 0.2) is 5.75 Å². The van der Waals surface area contributed by atoms with Gasteiger partial charge in [-0.05, 0) is 25.0 Å². The Morgan fingerprint density at radius 1 is 1.22 bits per heavy atom. The van der Waals surface area contributed by atoms with E-state index in [-0.39, 0.29) is 23.3 Å². The maximum Gasteiger partial charge on any atom is 0.306 e. The summed E-state index contributed by atoms with van der Waals surface area (Å²) in [5.74, 6) is 0.195. The quantitative estimate of drug-likeness (QED) is 0.580. The average molecular weight is 393 g/mol. The molecule has 0 saturated carbocycles. The molecule has 9 nitrogen and oxygen atoms in total. The highest BCUT2D eigenvalue weighted by atomic mass is 32.2. The number of benzene rings is 1. The van der Waals surface area contributed by atoms with Gasteiger partial charge in [-0.2, -0.15) is 13.4 Å². The van der Waals surface area contributed by atoms with Crippen LogP contribution in [0.4, 0.5) is 17.5 Å². The highest BCUT2D eigenvalue weighted by Gasteiger charge is 2.17. The Balaban J connectivity index is 2.36. The van der Waals surface area contributed by atoms with Crippen LogP contribution in [-0.2, 0) is 10.1 Å². The van der Waals surface area contributed by atoms with Crippen molar-refractivity contribution < 1.29 is 17.4 Å². The van der Waals surface area contributed by atoms with Crippen LogP contribution in [0.2, 0.25) is 0 Å². The van der Waals surface area contributed by atoms with E-state index >= 15 is 0 Å². The largest absolute Gasteiger partial charge is 0.380 e. The molecule has 0 fully saturated rings. The second kappa shape index (κ2) is 8.21. The second-order valence-corrected chi connectivity index (χ2v) is 7.98. The van der Waals surface area contributed by atoms with Crippen molar-refractivity contribution in [1.82, 2.24) is 9.97 Å². The summed E-state index contributed by atoms with van der Waals surface area (Å²) in [5, 5.41) is 6.05. The van der Waals surface area contributed by atoms with Crippen LogP contribution in [0, 0.1) is 5.92 Å². The van der Waals surface area contributed by atoms with Crippen molar-refractivity contribution in [2.45, 2.75) is 26.8 Å². The van der Waals surface area contributed by atoms with E-state index < -0.39 is 16.0 Å². The van der Waals surface area contributed by atoms with E-state index in [9.17, 15) is 13.2 Å². The molecular formula is C17H23N5O4S. The second-order valence-electron chi connectivity index (χ2n) is 6.41. The number of nitrogens with one attached hydrogen (secondary N) is 2. The predicted molar refractivity (Wildman–Crippen MR) is 104 cm³/mol. The molecule has 0 spiro atoms. The molecule has 1 unspecified atom stereocenters. The number of hydrogen-bond donors (Lipinski definition) is 3. The van der Waals surface area contributed by atoms with Crippen molar-refractivity contribution >= 4 is 33.5 Å². The Hall–Kier alpha value is -2.88. The highest BCUT2D eigenvalue weighted by molar-refractivity contribution is 7.86. The van der Waals surface area contributed by atoms with Crippen LogP contribution >= 0.6 is 0 Å². The molecule has 1 aromatic heterocycles. The lowest BCUT2D eigenvalue weighted by molar-refractivity contribution is 0.100. The van der Waals surface area contributed by atoms with Crippen molar-refractivity contribution in [3.63, 3.8) is 0 Å². The van der Waals surface area contributed by atoms with Crippen molar-refractivity contribution in [3.8, 4) is 5.75 Å². The van der Waals surface area contributed by atoms with Crippen molar-refractivity contribution in [3.05, 3.63) is 36.0 Å². The molecule has 2 rings (SSSR count). The van der Waals surface area contributed by atoms with Crippen LogP contribution in [0.1, 0.15) is 31.1 Å². The number of hydrogen-bond acceptors (Lipinski definition) is 8. The monoisotopic (exact) mass is 393 g/mol. The first-order valence-corrected chi connectivity index (χ1v) is 10.1. The van der Waals surface area contributed by atoms with E-state index in [0.29, 0.717) is 17.4 Å². The lowest BCUT2D eigenvalue weighted by atomic mass is 10.1. The molecule has 0 aliphatic carbocycles. The van der Waals surface area contributed by atoms with Gasteiger partial charge in [0.05, 0.1) is 17.5 Å². The molecule has 0 radical (unpaired) electrons. The summed E-state index contributed by atoms with van der Waals surface area (Å²) in [7, 11) is -3.70. The SMILES string of the molecule is CC(C)C(C)Nc1nc(Nc2ccccc2OS(C)(=O)=O)ncc1C(N)=O. The Kier molecular flexibility index (Phi) is 6.21. The number of amides is 1. The third kappa shape index (κ3) is 5.81. The minimum atomic E-state index is -3.70. The topological polar surface area (TPSA) is 136 Å². The highest BCUT2D eigenvalue weighted by Crippen LogP contribution is 2.28. The number of nitrogens with zero attached hydrogens (tertiary/aromatic N) is 2. The van der Waals surface area contributed by atoms with E-state index in [0.717, 1.165) is 6.26 Å². The molecule has 10 heteroatoms. The van der Waals surface area contributed by atoms with E-state index in [1.54, 1.807) is 18.2 Å². The standard InChI is InChI=1S/C17H23N5O4S/c1-10(2)11(3)20-16-12(15(18)23)9-19-17(22-16)21-13-7-5-6-8-14(13)26-27(4,24)25/h5-11H,1-4H3,(H2,18,23)(H2,19,20,21,22). The molecule has 0 bridgehead atoms. The fraction of sp³-hybridized carbons (Fsp3) is 0.353. The number of carbonyl (C=O) groups is 1. The number of primary amides is 1. The summed E-state index contributed by atoms with van der Waals surface area (Å²) >= 11 is 0. The van der Waals surface area contributed by atoms with Crippen LogP contribution in [0.5, 0.6) is 5.75 Å². The lowest BCUT2D eigenvalue weighted by Gasteiger charge is -2.20. The van der Waals surface area contributed by atoms with Crippen LogP contribution in [0.25, 0.3) is 0 Å². The fourth-order valence-corrected chi connectivity index (χ4v) is 2.51. The van der Waals surface area contributed by atoms with Gasteiger partial charge in [-0.25, -0.2) is 4.98 Å². The van der Waals surface area contributed by atoms with Crippen LogP contribution in [0.15, 0.2) is 30.5 Å². The molecule has 1 aromatic carbocycles. The Morgan fingerprint density at radius 3 is 2.48 bits per heavy atom. The zero-order valence-corrected chi connectivity index (χ0v) is 16.4. The first-order chi connectivity index (χ1) is 12.6. The normalized spacial score (nSPS) is 12.5. The first kappa shape index (κ1) is 20.4. The first-order valence-electron chi connectivity index (χ1n) is 8.25. The lowest BCUT2D eigenvalue weighted by Crippen LogP contribution is -2.25. The Labute approximate surface area is 158 Å². The minimum absolute atomic E-state index is 0.0340. The molecular weight excluding hydrogens is 370 g/mol. The molecule has 1 atom stereocenters. The number of anilines is 3.